The number of hydrogen-bond donors (Lipinski definition) is 0. The SMILES string of the molecule is CC(C)(C)OC(=O)N1CCC(Oc2ccc3nccc(Cl)c3c2F)C1. The van der Waals surface area contributed by atoms with Gasteiger partial charge in [-0.1, -0.05) is 11.6 Å². The van der Waals surface area contributed by atoms with Crippen LogP contribution in [0.4, 0.5) is 9.18 Å². The number of ether oxygens (including phenoxy) is 2. The fraction of sp³-hybridized carbons (Fsp3) is 0.444. The second-order valence-corrected chi connectivity index (χ2v) is 7.43. The summed E-state index contributed by atoms with van der Waals surface area (Å²) in [5.74, 6) is -0.426. The van der Waals surface area contributed by atoms with Crippen LogP contribution in [0.2, 0.25) is 5.02 Å². The predicted molar refractivity (Wildman–Crippen MR) is 93.6 cm³/mol. The molecule has 1 unspecified atom stereocenters. The largest absolute Gasteiger partial charge is 0.485 e. The predicted octanol–water partition coefficient (Wildman–Crippen LogP) is 4.42. The first-order valence-electron chi connectivity index (χ1n) is 8.12. The molecule has 1 amide bonds. The van der Waals surface area contributed by atoms with E-state index in [9.17, 15) is 9.18 Å². The lowest BCUT2D eigenvalue weighted by Crippen LogP contribution is -2.36. The zero-order valence-corrected chi connectivity index (χ0v) is 15.1. The summed E-state index contributed by atoms with van der Waals surface area (Å²) < 4.78 is 25.8. The Kier molecular flexibility index (Phi) is 4.73. The molecule has 1 fully saturated rings. The van der Waals surface area contributed by atoms with Crippen molar-refractivity contribution >= 4 is 28.6 Å². The number of likely N-dealkylation sites (tertiary alicyclic amines) is 1. The molecule has 1 atom stereocenters. The van der Waals surface area contributed by atoms with Gasteiger partial charge in [0.15, 0.2) is 11.6 Å². The summed E-state index contributed by atoms with van der Waals surface area (Å²) in [6.45, 7) is 6.32. The van der Waals surface area contributed by atoms with Crippen molar-refractivity contribution in [3.05, 3.63) is 35.2 Å². The van der Waals surface area contributed by atoms with Crippen LogP contribution in [0.5, 0.6) is 5.75 Å². The quantitative estimate of drug-likeness (QED) is 0.789. The lowest BCUT2D eigenvalue weighted by Gasteiger charge is -2.24. The molecule has 0 aliphatic carbocycles. The maximum Gasteiger partial charge on any atom is 0.410 e. The Balaban J connectivity index is 1.72. The number of aromatic nitrogens is 1. The van der Waals surface area contributed by atoms with E-state index in [1.807, 2.05) is 20.8 Å². The highest BCUT2D eigenvalue weighted by Crippen LogP contribution is 2.31. The highest BCUT2D eigenvalue weighted by Gasteiger charge is 2.31. The molecule has 0 N–H and O–H groups in total. The maximum atomic E-state index is 14.7. The number of fused-ring (bicyclic) bond motifs is 1. The zero-order valence-electron chi connectivity index (χ0n) is 14.4. The molecule has 1 saturated heterocycles. The average Bonchev–Trinajstić information content (AvgIpc) is 2.97. The molecule has 1 aromatic carbocycles. The van der Waals surface area contributed by atoms with E-state index in [2.05, 4.69) is 4.98 Å². The Morgan fingerprint density at radius 1 is 1.36 bits per heavy atom. The molecule has 1 aliphatic heterocycles. The Hall–Kier alpha value is -2.08. The van der Waals surface area contributed by atoms with Crippen molar-refractivity contribution in [1.29, 1.82) is 0 Å². The van der Waals surface area contributed by atoms with Gasteiger partial charge in [-0.3, -0.25) is 4.98 Å². The summed E-state index contributed by atoms with van der Waals surface area (Å²) in [6, 6.07) is 4.74. The van der Waals surface area contributed by atoms with E-state index >= 15 is 0 Å². The third-order valence-electron chi connectivity index (χ3n) is 3.85. The van der Waals surface area contributed by atoms with Gasteiger partial charge in [-0.15, -0.1) is 0 Å². The zero-order chi connectivity index (χ0) is 18.2. The summed E-state index contributed by atoms with van der Waals surface area (Å²) >= 11 is 6.07. The Bertz CT molecular complexity index is 807. The van der Waals surface area contributed by atoms with Crippen LogP contribution in [0.25, 0.3) is 10.9 Å². The van der Waals surface area contributed by atoms with Crippen molar-refractivity contribution in [3.8, 4) is 5.75 Å². The highest BCUT2D eigenvalue weighted by molar-refractivity contribution is 6.35. The van der Waals surface area contributed by atoms with Gasteiger partial charge in [0.05, 0.1) is 22.5 Å². The smallest absolute Gasteiger partial charge is 0.410 e. The summed E-state index contributed by atoms with van der Waals surface area (Å²) in [5, 5.41) is 0.526. The molecule has 0 bridgehead atoms. The van der Waals surface area contributed by atoms with E-state index in [0.717, 1.165) is 0 Å². The summed E-state index contributed by atoms with van der Waals surface area (Å²) in [5.41, 5.74) is -0.0799. The molecule has 7 heteroatoms. The van der Waals surface area contributed by atoms with Crippen LogP contribution in [0.3, 0.4) is 0 Å². The van der Waals surface area contributed by atoms with Crippen molar-refractivity contribution in [3.63, 3.8) is 0 Å². The second kappa shape index (κ2) is 6.67. The number of amides is 1. The third kappa shape index (κ3) is 3.95. The van der Waals surface area contributed by atoms with Gasteiger partial charge < -0.3 is 14.4 Å². The van der Waals surface area contributed by atoms with Gasteiger partial charge in [0.1, 0.15) is 11.7 Å². The normalized spacial score (nSPS) is 17.8. The van der Waals surface area contributed by atoms with E-state index in [-0.39, 0.29) is 28.4 Å². The van der Waals surface area contributed by atoms with Crippen LogP contribution >= 0.6 is 11.6 Å². The minimum absolute atomic E-state index is 0.110. The van der Waals surface area contributed by atoms with Gasteiger partial charge in [0.25, 0.3) is 0 Å². The van der Waals surface area contributed by atoms with Crippen molar-refractivity contribution < 1.29 is 18.7 Å². The van der Waals surface area contributed by atoms with Crippen LogP contribution in [0, 0.1) is 5.82 Å². The number of nitrogens with zero attached hydrogens (tertiary/aromatic N) is 2. The van der Waals surface area contributed by atoms with Gasteiger partial charge in [0, 0.05) is 19.2 Å². The molecule has 5 nitrogen and oxygen atoms in total. The molecule has 25 heavy (non-hydrogen) atoms. The first-order valence-corrected chi connectivity index (χ1v) is 8.50. The first-order chi connectivity index (χ1) is 11.7. The number of benzene rings is 1. The van der Waals surface area contributed by atoms with Crippen LogP contribution in [-0.2, 0) is 4.74 Å². The van der Waals surface area contributed by atoms with Gasteiger partial charge in [-0.05, 0) is 39.0 Å². The molecule has 1 aromatic heterocycles. The van der Waals surface area contributed by atoms with Crippen molar-refractivity contribution in [2.75, 3.05) is 13.1 Å². The van der Waals surface area contributed by atoms with Crippen LogP contribution < -0.4 is 4.74 Å². The molecule has 0 saturated carbocycles. The molecule has 1 aliphatic rings. The molecule has 0 spiro atoms. The molecule has 2 aromatic rings. The van der Waals surface area contributed by atoms with Crippen molar-refractivity contribution in [2.24, 2.45) is 0 Å². The Morgan fingerprint density at radius 3 is 2.84 bits per heavy atom. The van der Waals surface area contributed by atoms with Crippen LogP contribution in [0.1, 0.15) is 27.2 Å². The standard InChI is InChI=1S/C18H20ClFN2O3/c1-18(2,3)25-17(23)22-9-7-11(10-22)24-14-5-4-13-15(16(14)20)12(19)6-8-21-13/h4-6,8,11H,7,9-10H2,1-3H3. The van der Waals surface area contributed by atoms with Gasteiger partial charge in [-0.2, -0.15) is 0 Å². The van der Waals surface area contributed by atoms with Crippen molar-refractivity contribution in [1.82, 2.24) is 9.88 Å². The maximum absolute atomic E-state index is 14.7. The fourth-order valence-corrected chi connectivity index (χ4v) is 2.97. The van der Waals surface area contributed by atoms with Crippen LogP contribution in [-0.4, -0.2) is 40.8 Å². The minimum atomic E-state index is -0.551. The van der Waals surface area contributed by atoms with Crippen molar-refractivity contribution in [2.45, 2.75) is 38.9 Å². The topological polar surface area (TPSA) is 51.7 Å². The number of halogens is 2. The summed E-state index contributed by atoms with van der Waals surface area (Å²) in [6.07, 6.45) is 1.46. The molecule has 2 heterocycles. The molecular weight excluding hydrogens is 347 g/mol. The van der Waals surface area contributed by atoms with E-state index in [4.69, 9.17) is 21.1 Å². The van der Waals surface area contributed by atoms with Gasteiger partial charge >= 0.3 is 6.09 Å². The summed E-state index contributed by atoms with van der Waals surface area (Å²) in [4.78, 5) is 17.8. The summed E-state index contributed by atoms with van der Waals surface area (Å²) in [7, 11) is 0. The highest BCUT2D eigenvalue weighted by atomic mass is 35.5. The lowest BCUT2D eigenvalue weighted by atomic mass is 10.2. The number of pyridine rings is 1. The molecule has 3 rings (SSSR count). The number of hydrogen-bond acceptors (Lipinski definition) is 4. The monoisotopic (exact) mass is 366 g/mol. The van der Waals surface area contributed by atoms with Gasteiger partial charge in [-0.25, -0.2) is 9.18 Å². The number of carbonyl (C=O) groups excluding carboxylic acids is 1. The van der Waals surface area contributed by atoms with E-state index in [1.165, 1.54) is 18.3 Å². The first kappa shape index (κ1) is 17.7. The fourth-order valence-electron chi connectivity index (χ4n) is 2.74. The Morgan fingerprint density at radius 2 is 2.12 bits per heavy atom. The number of carbonyl (C=O) groups is 1. The lowest BCUT2D eigenvalue weighted by molar-refractivity contribution is 0.0275. The molecular formula is C18H20ClFN2O3. The Labute approximate surface area is 150 Å². The minimum Gasteiger partial charge on any atom is -0.485 e. The second-order valence-electron chi connectivity index (χ2n) is 7.02. The molecule has 0 radical (unpaired) electrons. The van der Waals surface area contributed by atoms with Crippen LogP contribution in [0.15, 0.2) is 24.4 Å². The number of rotatable bonds is 2. The molecule has 134 valence electrons. The van der Waals surface area contributed by atoms with E-state index in [1.54, 1.807) is 11.0 Å². The van der Waals surface area contributed by atoms with E-state index < -0.39 is 11.4 Å². The third-order valence-corrected chi connectivity index (χ3v) is 4.16. The van der Waals surface area contributed by atoms with Gasteiger partial charge in [0.2, 0.25) is 0 Å². The van der Waals surface area contributed by atoms with E-state index in [0.29, 0.717) is 25.0 Å². The average molecular weight is 367 g/mol.